The summed E-state index contributed by atoms with van der Waals surface area (Å²) in [6, 6.07) is 24.0. The molecular formula is C21H15N. The fraction of sp³-hybridized carbons (Fsp3) is 0.0476. The highest BCUT2D eigenvalue weighted by Gasteiger charge is 2.12. The van der Waals surface area contributed by atoms with Crippen molar-refractivity contribution in [3.63, 3.8) is 0 Å². The molecule has 0 bridgehead atoms. The highest BCUT2D eigenvalue weighted by atomic mass is 14.7. The van der Waals surface area contributed by atoms with Crippen molar-refractivity contribution in [1.29, 1.82) is 0 Å². The summed E-state index contributed by atoms with van der Waals surface area (Å²) in [5.41, 5.74) is 3.75. The van der Waals surface area contributed by atoms with E-state index in [1.807, 2.05) is 0 Å². The summed E-state index contributed by atoms with van der Waals surface area (Å²) in [5, 5.41) is 7.93. The van der Waals surface area contributed by atoms with E-state index in [-0.39, 0.29) is 0 Å². The predicted octanol–water partition coefficient (Wildman–Crippen LogP) is 5.94. The van der Waals surface area contributed by atoms with Gasteiger partial charge in [-0.15, -0.1) is 0 Å². The Morgan fingerprint density at radius 2 is 1.36 bits per heavy atom. The maximum Gasteiger partial charge on any atom is 0.0551 e. The minimum atomic E-state index is 1.20. The number of nitrogens with one attached hydrogen (secondary N) is 1. The lowest BCUT2D eigenvalue weighted by Gasteiger charge is -2.08. The maximum absolute atomic E-state index is 3.63. The Kier molecular flexibility index (Phi) is 2.21. The molecule has 0 saturated heterocycles. The molecule has 5 rings (SSSR count). The Morgan fingerprint density at radius 3 is 2.23 bits per heavy atom. The van der Waals surface area contributed by atoms with Crippen LogP contribution >= 0.6 is 0 Å². The lowest BCUT2D eigenvalue weighted by molar-refractivity contribution is 1.51. The van der Waals surface area contributed by atoms with Gasteiger partial charge in [0.15, 0.2) is 0 Å². The topological polar surface area (TPSA) is 15.8 Å². The smallest absolute Gasteiger partial charge is 0.0551 e. The SMILES string of the molecule is Cc1ccc2c(c1)c1ccccc1c1c3ccccc3[nH]c21. The van der Waals surface area contributed by atoms with E-state index in [1.165, 1.54) is 48.9 Å². The fourth-order valence-corrected chi connectivity index (χ4v) is 3.66. The molecule has 0 fully saturated rings. The summed E-state index contributed by atoms with van der Waals surface area (Å²) in [4.78, 5) is 3.63. The van der Waals surface area contributed by atoms with Crippen LogP contribution in [0, 0.1) is 6.92 Å². The first kappa shape index (κ1) is 11.8. The molecule has 5 aromatic rings. The van der Waals surface area contributed by atoms with Gasteiger partial charge >= 0.3 is 0 Å². The second kappa shape index (κ2) is 4.11. The monoisotopic (exact) mass is 281 g/mol. The summed E-state index contributed by atoms with van der Waals surface area (Å²) in [6.07, 6.45) is 0. The number of aryl methyl sites for hydroxylation is 1. The summed E-state index contributed by atoms with van der Waals surface area (Å²) in [7, 11) is 0. The second-order valence-corrected chi connectivity index (χ2v) is 6.02. The highest BCUT2D eigenvalue weighted by molar-refractivity contribution is 6.31. The summed E-state index contributed by atoms with van der Waals surface area (Å²) in [5.74, 6) is 0. The number of para-hydroxylation sites is 1. The minimum absolute atomic E-state index is 1.20. The number of aromatic amines is 1. The molecule has 4 aromatic carbocycles. The van der Waals surface area contributed by atoms with Crippen LogP contribution in [-0.4, -0.2) is 4.98 Å². The van der Waals surface area contributed by atoms with E-state index in [4.69, 9.17) is 0 Å². The largest absolute Gasteiger partial charge is 0.354 e. The molecule has 1 nitrogen and oxygen atoms in total. The molecule has 1 heterocycles. The molecule has 0 amide bonds. The van der Waals surface area contributed by atoms with Crippen LogP contribution in [0.25, 0.3) is 43.4 Å². The standard InChI is InChI=1S/C21H15N/c1-13-10-11-16-18(12-13)14-6-2-3-7-15(14)20-17-8-4-5-9-19(17)22-21(16)20/h2-12,22H,1H3. The fourth-order valence-electron chi connectivity index (χ4n) is 3.66. The number of hydrogen-bond donors (Lipinski definition) is 1. The number of rotatable bonds is 0. The van der Waals surface area contributed by atoms with Crippen molar-refractivity contribution >= 4 is 43.4 Å². The summed E-state index contributed by atoms with van der Waals surface area (Å²) in [6.45, 7) is 2.16. The van der Waals surface area contributed by atoms with Crippen molar-refractivity contribution in [1.82, 2.24) is 4.98 Å². The minimum Gasteiger partial charge on any atom is -0.354 e. The van der Waals surface area contributed by atoms with Crippen LogP contribution < -0.4 is 0 Å². The zero-order valence-corrected chi connectivity index (χ0v) is 12.4. The molecule has 104 valence electrons. The zero-order chi connectivity index (χ0) is 14.7. The molecule has 0 spiro atoms. The molecule has 0 aliphatic rings. The summed E-state index contributed by atoms with van der Waals surface area (Å²) >= 11 is 0. The number of H-pyrrole nitrogens is 1. The molecule has 1 N–H and O–H groups in total. The first-order valence-corrected chi connectivity index (χ1v) is 7.64. The van der Waals surface area contributed by atoms with Crippen molar-refractivity contribution in [2.45, 2.75) is 6.92 Å². The van der Waals surface area contributed by atoms with Gasteiger partial charge in [0.1, 0.15) is 0 Å². The Labute approximate surface area is 128 Å². The van der Waals surface area contributed by atoms with Crippen molar-refractivity contribution in [2.75, 3.05) is 0 Å². The molecule has 22 heavy (non-hydrogen) atoms. The van der Waals surface area contributed by atoms with Gasteiger partial charge in [-0.1, -0.05) is 66.2 Å². The normalized spacial score (nSPS) is 11.9. The lowest BCUT2D eigenvalue weighted by atomic mass is 9.96. The predicted molar refractivity (Wildman–Crippen MR) is 95.6 cm³/mol. The third-order valence-corrected chi connectivity index (χ3v) is 4.64. The van der Waals surface area contributed by atoms with Gasteiger partial charge in [0.2, 0.25) is 0 Å². The van der Waals surface area contributed by atoms with Gasteiger partial charge in [-0.3, -0.25) is 0 Å². The van der Waals surface area contributed by atoms with Crippen LogP contribution in [0.15, 0.2) is 66.7 Å². The molecule has 0 aliphatic carbocycles. The average molecular weight is 281 g/mol. The van der Waals surface area contributed by atoms with E-state index in [2.05, 4.69) is 78.6 Å². The summed E-state index contributed by atoms with van der Waals surface area (Å²) < 4.78 is 0. The second-order valence-electron chi connectivity index (χ2n) is 6.02. The first-order valence-electron chi connectivity index (χ1n) is 7.64. The van der Waals surface area contributed by atoms with Crippen molar-refractivity contribution in [2.24, 2.45) is 0 Å². The third-order valence-electron chi connectivity index (χ3n) is 4.64. The lowest BCUT2D eigenvalue weighted by Crippen LogP contribution is -1.82. The van der Waals surface area contributed by atoms with Crippen molar-refractivity contribution < 1.29 is 0 Å². The Balaban J connectivity index is 2.22. The van der Waals surface area contributed by atoms with Gasteiger partial charge < -0.3 is 4.98 Å². The number of fused-ring (bicyclic) bond motifs is 8. The van der Waals surface area contributed by atoms with E-state index in [0.29, 0.717) is 0 Å². The molecule has 0 atom stereocenters. The molecule has 0 saturated carbocycles. The molecular weight excluding hydrogens is 266 g/mol. The highest BCUT2D eigenvalue weighted by Crippen LogP contribution is 2.38. The van der Waals surface area contributed by atoms with E-state index in [1.54, 1.807) is 0 Å². The number of aromatic nitrogens is 1. The number of hydrogen-bond acceptors (Lipinski definition) is 0. The van der Waals surface area contributed by atoms with E-state index in [9.17, 15) is 0 Å². The van der Waals surface area contributed by atoms with Gasteiger partial charge in [-0.2, -0.15) is 0 Å². The molecule has 1 aromatic heterocycles. The Bertz CT molecular complexity index is 1180. The van der Waals surface area contributed by atoms with Crippen LogP contribution in [0.4, 0.5) is 0 Å². The molecule has 0 unspecified atom stereocenters. The van der Waals surface area contributed by atoms with Gasteiger partial charge in [-0.05, 0) is 29.1 Å². The van der Waals surface area contributed by atoms with E-state index in [0.717, 1.165) is 0 Å². The molecule has 1 heteroatoms. The van der Waals surface area contributed by atoms with E-state index < -0.39 is 0 Å². The van der Waals surface area contributed by atoms with E-state index >= 15 is 0 Å². The van der Waals surface area contributed by atoms with Gasteiger partial charge in [0.05, 0.1) is 5.52 Å². The number of benzene rings is 4. The average Bonchev–Trinajstić information content (AvgIpc) is 2.94. The first-order chi connectivity index (χ1) is 10.8. The van der Waals surface area contributed by atoms with Crippen LogP contribution in [0.2, 0.25) is 0 Å². The Morgan fingerprint density at radius 1 is 0.636 bits per heavy atom. The zero-order valence-electron chi connectivity index (χ0n) is 12.4. The van der Waals surface area contributed by atoms with Crippen LogP contribution in [0.5, 0.6) is 0 Å². The van der Waals surface area contributed by atoms with Crippen molar-refractivity contribution in [3.8, 4) is 0 Å². The molecule has 0 aliphatic heterocycles. The molecule has 0 radical (unpaired) electrons. The van der Waals surface area contributed by atoms with Crippen LogP contribution in [0.1, 0.15) is 5.56 Å². The van der Waals surface area contributed by atoms with Crippen LogP contribution in [0.3, 0.4) is 0 Å². The Hall–Kier alpha value is -2.80. The quantitative estimate of drug-likeness (QED) is 0.338. The maximum atomic E-state index is 3.63. The van der Waals surface area contributed by atoms with Crippen LogP contribution in [-0.2, 0) is 0 Å². The third kappa shape index (κ3) is 1.43. The van der Waals surface area contributed by atoms with Gasteiger partial charge in [0, 0.05) is 21.7 Å². The van der Waals surface area contributed by atoms with Gasteiger partial charge in [-0.25, -0.2) is 0 Å². The van der Waals surface area contributed by atoms with Gasteiger partial charge in [0.25, 0.3) is 0 Å². The van der Waals surface area contributed by atoms with Crippen molar-refractivity contribution in [3.05, 3.63) is 72.3 Å².